The highest BCUT2D eigenvalue weighted by Crippen LogP contribution is 2.30. The largest absolute Gasteiger partial charge is 0.399 e. The van der Waals surface area contributed by atoms with Crippen molar-refractivity contribution in [3.63, 3.8) is 0 Å². The summed E-state index contributed by atoms with van der Waals surface area (Å²) in [5.74, 6) is 0. The minimum absolute atomic E-state index is 0.714. The van der Waals surface area contributed by atoms with Crippen LogP contribution in [0.25, 0.3) is 28.2 Å². The molecule has 1 heterocycles. The zero-order valence-corrected chi connectivity index (χ0v) is 15.1. The normalized spacial score (nSPS) is 10.8. The van der Waals surface area contributed by atoms with Crippen LogP contribution in [0.15, 0.2) is 78.9 Å². The molecule has 0 aliphatic rings. The van der Waals surface area contributed by atoms with Crippen LogP contribution >= 0.6 is 11.6 Å². The molecule has 0 fully saturated rings. The molecule has 0 saturated carbocycles. The molecule has 4 rings (SSSR count). The maximum atomic E-state index is 6.05. The molecule has 2 N–H and O–H groups in total. The molecule has 0 amide bonds. The van der Waals surface area contributed by atoms with Crippen LogP contribution in [0.5, 0.6) is 0 Å². The Labute approximate surface area is 157 Å². The molecule has 0 atom stereocenters. The molecule has 0 spiro atoms. The number of nitrogens with two attached hydrogens (primary N) is 1. The van der Waals surface area contributed by atoms with Gasteiger partial charge in [-0.15, -0.1) is 0 Å². The number of nitrogens with zero attached hydrogens (tertiary/aromatic N) is 2. The van der Waals surface area contributed by atoms with Gasteiger partial charge >= 0.3 is 0 Å². The van der Waals surface area contributed by atoms with Gasteiger partial charge in [-0.25, -0.2) is 4.68 Å². The number of hydrogen-bond donors (Lipinski definition) is 1. The fourth-order valence-corrected chi connectivity index (χ4v) is 3.01. The van der Waals surface area contributed by atoms with Gasteiger partial charge in [-0.1, -0.05) is 53.6 Å². The molecule has 3 aromatic carbocycles. The fourth-order valence-electron chi connectivity index (χ4n) is 2.89. The van der Waals surface area contributed by atoms with Gasteiger partial charge in [0.15, 0.2) is 0 Å². The Bertz CT molecular complexity index is 967. The van der Waals surface area contributed by atoms with Gasteiger partial charge < -0.3 is 5.73 Å². The summed E-state index contributed by atoms with van der Waals surface area (Å²) >= 11 is 6.05. The van der Waals surface area contributed by atoms with Crippen molar-refractivity contribution in [2.45, 2.75) is 6.92 Å². The molecule has 1 aromatic heterocycles. The lowest BCUT2D eigenvalue weighted by atomic mass is 10.1. The van der Waals surface area contributed by atoms with Crippen molar-refractivity contribution in [1.29, 1.82) is 0 Å². The second kappa shape index (κ2) is 6.70. The molecule has 4 aromatic rings. The average Bonchev–Trinajstić information content (AvgIpc) is 3.09. The first-order valence-corrected chi connectivity index (χ1v) is 8.77. The predicted molar refractivity (Wildman–Crippen MR) is 109 cm³/mol. The minimum atomic E-state index is 0.714. The molecule has 0 unspecified atom stereocenters. The molecular formula is C22H18ClN3. The standard InChI is InChI=1S/C22H18ClN3/c1-15-2-4-16(5-3-15)21-14-22(17-6-8-18(23)9-7-17)26(25-21)20-12-10-19(24)11-13-20/h2-14H,24H2,1H3. The summed E-state index contributed by atoms with van der Waals surface area (Å²) in [4.78, 5) is 0. The molecule has 128 valence electrons. The highest BCUT2D eigenvalue weighted by molar-refractivity contribution is 6.30. The molecular weight excluding hydrogens is 342 g/mol. The Hall–Kier alpha value is -3.04. The third kappa shape index (κ3) is 3.22. The lowest BCUT2D eigenvalue weighted by Crippen LogP contribution is -1.99. The molecule has 0 saturated heterocycles. The van der Waals surface area contributed by atoms with Crippen LogP contribution < -0.4 is 5.73 Å². The number of nitrogen functional groups attached to an aromatic ring is 1. The van der Waals surface area contributed by atoms with E-state index in [-0.39, 0.29) is 0 Å². The molecule has 0 aliphatic heterocycles. The van der Waals surface area contributed by atoms with Crippen molar-refractivity contribution in [2.75, 3.05) is 5.73 Å². The average molecular weight is 360 g/mol. The predicted octanol–water partition coefficient (Wildman–Crippen LogP) is 5.75. The second-order valence-electron chi connectivity index (χ2n) is 6.29. The molecule has 26 heavy (non-hydrogen) atoms. The highest BCUT2D eigenvalue weighted by atomic mass is 35.5. The summed E-state index contributed by atoms with van der Waals surface area (Å²) in [6, 6.07) is 26.0. The summed E-state index contributed by atoms with van der Waals surface area (Å²) in [7, 11) is 0. The van der Waals surface area contributed by atoms with Gasteiger partial charge in [0.25, 0.3) is 0 Å². The lowest BCUT2D eigenvalue weighted by molar-refractivity contribution is 0.892. The van der Waals surface area contributed by atoms with Gasteiger partial charge in [-0.3, -0.25) is 0 Å². The van der Waals surface area contributed by atoms with Crippen LogP contribution in [-0.2, 0) is 0 Å². The Morgan fingerprint density at radius 2 is 1.42 bits per heavy atom. The molecule has 3 nitrogen and oxygen atoms in total. The van der Waals surface area contributed by atoms with Gasteiger partial charge in [-0.2, -0.15) is 5.10 Å². The number of benzene rings is 3. The van der Waals surface area contributed by atoms with Gasteiger partial charge in [0.05, 0.1) is 17.1 Å². The molecule has 0 bridgehead atoms. The first kappa shape index (κ1) is 16.4. The first-order valence-electron chi connectivity index (χ1n) is 8.39. The van der Waals surface area contributed by atoms with Crippen molar-refractivity contribution in [3.8, 4) is 28.2 Å². The quantitative estimate of drug-likeness (QED) is 0.473. The summed E-state index contributed by atoms with van der Waals surface area (Å²) in [6.07, 6.45) is 0. The van der Waals surface area contributed by atoms with E-state index in [4.69, 9.17) is 22.4 Å². The number of aromatic nitrogens is 2. The second-order valence-corrected chi connectivity index (χ2v) is 6.73. The number of aryl methyl sites for hydroxylation is 1. The van der Waals surface area contributed by atoms with Crippen LogP contribution in [0.4, 0.5) is 5.69 Å². The van der Waals surface area contributed by atoms with Gasteiger partial charge in [0, 0.05) is 21.8 Å². The third-order valence-electron chi connectivity index (χ3n) is 4.33. The summed E-state index contributed by atoms with van der Waals surface area (Å²) in [5, 5.41) is 5.57. The smallest absolute Gasteiger partial charge is 0.0934 e. The fraction of sp³-hybridized carbons (Fsp3) is 0.0455. The Balaban J connectivity index is 1.88. The minimum Gasteiger partial charge on any atom is -0.399 e. The van der Waals surface area contributed by atoms with E-state index in [2.05, 4.69) is 37.3 Å². The topological polar surface area (TPSA) is 43.8 Å². The molecule has 0 aliphatic carbocycles. The Kier molecular flexibility index (Phi) is 4.23. The number of halogens is 1. The van der Waals surface area contributed by atoms with E-state index in [1.807, 2.05) is 53.2 Å². The van der Waals surface area contributed by atoms with E-state index in [9.17, 15) is 0 Å². The van der Waals surface area contributed by atoms with Crippen molar-refractivity contribution >= 4 is 17.3 Å². The van der Waals surface area contributed by atoms with Crippen LogP contribution in [0.2, 0.25) is 5.02 Å². The maximum Gasteiger partial charge on any atom is 0.0934 e. The summed E-state index contributed by atoms with van der Waals surface area (Å²) < 4.78 is 1.94. The monoisotopic (exact) mass is 359 g/mol. The van der Waals surface area contributed by atoms with Crippen LogP contribution in [0, 0.1) is 6.92 Å². The third-order valence-corrected chi connectivity index (χ3v) is 4.59. The van der Waals surface area contributed by atoms with Crippen LogP contribution in [0.3, 0.4) is 0 Å². The number of rotatable bonds is 3. The van der Waals surface area contributed by atoms with E-state index < -0.39 is 0 Å². The summed E-state index contributed by atoms with van der Waals surface area (Å²) in [5.41, 5.74) is 12.8. The van der Waals surface area contributed by atoms with Gasteiger partial charge in [0.2, 0.25) is 0 Å². The first-order chi connectivity index (χ1) is 12.6. The van der Waals surface area contributed by atoms with Crippen molar-refractivity contribution in [3.05, 3.63) is 89.4 Å². The summed E-state index contributed by atoms with van der Waals surface area (Å²) in [6.45, 7) is 2.08. The van der Waals surface area contributed by atoms with E-state index in [1.165, 1.54) is 5.56 Å². The zero-order valence-electron chi connectivity index (χ0n) is 14.4. The number of anilines is 1. The van der Waals surface area contributed by atoms with E-state index >= 15 is 0 Å². The molecule has 4 heteroatoms. The maximum absolute atomic E-state index is 6.05. The van der Waals surface area contributed by atoms with E-state index in [0.717, 1.165) is 33.9 Å². The van der Waals surface area contributed by atoms with Crippen LogP contribution in [0.1, 0.15) is 5.56 Å². The SMILES string of the molecule is Cc1ccc(-c2cc(-c3ccc(Cl)cc3)n(-c3ccc(N)cc3)n2)cc1. The van der Waals surface area contributed by atoms with Crippen LogP contribution in [-0.4, -0.2) is 9.78 Å². The van der Waals surface area contributed by atoms with Crippen molar-refractivity contribution in [2.24, 2.45) is 0 Å². The zero-order chi connectivity index (χ0) is 18.1. The van der Waals surface area contributed by atoms with E-state index in [1.54, 1.807) is 0 Å². The number of hydrogen-bond acceptors (Lipinski definition) is 2. The van der Waals surface area contributed by atoms with Gasteiger partial charge in [0.1, 0.15) is 0 Å². The Morgan fingerprint density at radius 3 is 2.08 bits per heavy atom. The lowest BCUT2D eigenvalue weighted by Gasteiger charge is -2.08. The van der Waals surface area contributed by atoms with E-state index in [0.29, 0.717) is 5.02 Å². The van der Waals surface area contributed by atoms with Crippen molar-refractivity contribution < 1.29 is 0 Å². The van der Waals surface area contributed by atoms with Crippen molar-refractivity contribution in [1.82, 2.24) is 9.78 Å². The van der Waals surface area contributed by atoms with Gasteiger partial charge in [-0.05, 0) is 49.4 Å². The molecule has 0 radical (unpaired) electrons. The highest BCUT2D eigenvalue weighted by Gasteiger charge is 2.13. The Morgan fingerprint density at radius 1 is 0.808 bits per heavy atom.